The molecular formula is C26H31N3O. The molecule has 30 heavy (non-hydrogen) atoms. The summed E-state index contributed by atoms with van der Waals surface area (Å²) >= 11 is 0. The molecule has 0 amide bonds. The first-order valence-corrected chi connectivity index (χ1v) is 11.3. The number of hydrogen-bond acceptors (Lipinski definition) is 4. The summed E-state index contributed by atoms with van der Waals surface area (Å²) in [5.41, 5.74) is 2.46. The second kappa shape index (κ2) is 7.50. The Labute approximate surface area is 179 Å². The first kappa shape index (κ1) is 19.2. The maximum Gasteiger partial charge on any atom is 0.159 e. The second-order valence-corrected chi connectivity index (χ2v) is 9.28. The Hall–Kier alpha value is -2.75. The van der Waals surface area contributed by atoms with Crippen molar-refractivity contribution in [1.29, 1.82) is 0 Å². The highest BCUT2D eigenvalue weighted by atomic mass is 16.3. The van der Waals surface area contributed by atoms with Crippen molar-refractivity contribution in [2.45, 2.75) is 57.4 Å². The lowest BCUT2D eigenvalue weighted by molar-refractivity contribution is 0.239. The summed E-state index contributed by atoms with van der Waals surface area (Å²) in [5.74, 6) is 1.37. The van der Waals surface area contributed by atoms with Gasteiger partial charge in [-0.15, -0.1) is 0 Å². The van der Waals surface area contributed by atoms with Gasteiger partial charge in [0.05, 0.1) is 6.20 Å². The van der Waals surface area contributed by atoms with Crippen LogP contribution in [0, 0.1) is 0 Å². The van der Waals surface area contributed by atoms with Gasteiger partial charge in [-0.25, -0.2) is 4.99 Å². The van der Waals surface area contributed by atoms with E-state index in [0.29, 0.717) is 6.04 Å². The van der Waals surface area contributed by atoms with E-state index in [2.05, 4.69) is 72.3 Å². The Morgan fingerprint density at radius 1 is 1.03 bits per heavy atom. The van der Waals surface area contributed by atoms with E-state index in [0.717, 1.165) is 31.0 Å². The lowest BCUT2D eigenvalue weighted by Crippen LogP contribution is -2.46. The van der Waals surface area contributed by atoms with E-state index >= 15 is 0 Å². The molecule has 0 bridgehead atoms. The topological polar surface area (TPSA) is 39.1 Å². The predicted octanol–water partition coefficient (Wildman–Crippen LogP) is 5.72. The quantitative estimate of drug-likeness (QED) is 0.712. The molecule has 4 heteroatoms. The molecule has 0 aromatic heterocycles. The summed E-state index contributed by atoms with van der Waals surface area (Å²) in [7, 11) is 0. The van der Waals surface area contributed by atoms with Crippen LogP contribution in [0.25, 0.3) is 10.8 Å². The van der Waals surface area contributed by atoms with Crippen molar-refractivity contribution in [3.63, 3.8) is 0 Å². The molecule has 1 aliphatic carbocycles. The highest BCUT2D eigenvalue weighted by Gasteiger charge is 2.40. The summed E-state index contributed by atoms with van der Waals surface area (Å²) < 4.78 is 0. The van der Waals surface area contributed by atoms with Gasteiger partial charge in [0, 0.05) is 37.2 Å². The SMILES string of the molecule is CC(C)N1C=C2C(O)=CN=C(CC3(c4ccc5ccccc5c4)CCCC3)N2CC1. The van der Waals surface area contributed by atoms with Crippen LogP contribution in [-0.4, -0.2) is 39.9 Å². The maximum atomic E-state index is 10.5. The van der Waals surface area contributed by atoms with Gasteiger partial charge in [-0.2, -0.15) is 0 Å². The number of aliphatic hydroxyl groups excluding tert-OH is 1. The lowest BCUT2D eigenvalue weighted by atomic mass is 9.75. The zero-order valence-corrected chi connectivity index (χ0v) is 18.0. The number of aliphatic hydroxyl groups is 1. The Kier molecular flexibility index (Phi) is 4.80. The van der Waals surface area contributed by atoms with Crippen molar-refractivity contribution in [2.24, 2.45) is 4.99 Å². The van der Waals surface area contributed by atoms with Gasteiger partial charge in [0.1, 0.15) is 11.5 Å². The zero-order valence-electron chi connectivity index (χ0n) is 18.0. The Morgan fingerprint density at radius 3 is 2.57 bits per heavy atom. The zero-order chi connectivity index (χ0) is 20.7. The van der Waals surface area contributed by atoms with E-state index < -0.39 is 0 Å². The van der Waals surface area contributed by atoms with E-state index in [1.54, 1.807) is 6.20 Å². The molecule has 0 radical (unpaired) electrons. The van der Waals surface area contributed by atoms with E-state index in [-0.39, 0.29) is 11.2 Å². The van der Waals surface area contributed by atoms with Crippen molar-refractivity contribution in [3.05, 3.63) is 71.9 Å². The van der Waals surface area contributed by atoms with Gasteiger partial charge < -0.3 is 14.9 Å². The minimum Gasteiger partial charge on any atom is -0.504 e. The van der Waals surface area contributed by atoms with Gasteiger partial charge >= 0.3 is 0 Å². The van der Waals surface area contributed by atoms with Crippen LogP contribution in [0.2, 0.25) is 0 Å². The molecule has 2 heterocycles. The number of aliphatic imine (C=N–C) groups is 1. The smallest absolute Gasteiger partial charge is 0.159 e. The fourth-order valence-electron chi connectivity index (χ4n) is 5.36. The molecule has 0 atom stereocenters. The maximum absolute atomic E-state index is 10.5. The molecule has 1 saturated carbocycles. The molecule has 156 valence electrons. The fraction of sp³-hybridized carbons (Fsp3) is 0.423. The molecule has 0 unspecified atom stereocenters. The third kappa shape index (κ3) is 3.28. The lowest BCUT2D eigenvalue weighted by Gasteiger charge is -2.41. The number of rotatable bonds is 4. The average Bonchev–Trinajstić information content (AvgIpc) is 3.25. The Morgan fingerprint density at radius 2 is 1.80 bits per heavy atom. The standard InChI is InChI=1S/C26H31N3O/c1-19(2)28-13-14-29-23(18-28)24(30)17-27-25(29)16-26(11-5-6-12-26)22-10-9-20-7-3-4-8-21(20)15-22/h3-4,7-10,15,17-19,30H,5-6,11-14,16H2,1-2H3. The minimum absolute atomic E-state index is 0.129. The van der Waals surface area contributed by atoms with E-state index in [4.69, 9.17) is 4.99 Å². The molecule has 4 nitrogen and oxygen atoms in total. The minimum atomic E-state index is 0.129. The van der Waals surface area contributed by atoms with Crippen molar-refractivity contribution in [3.8, 4) is 0 Å². The molecule has 2 aromatic rings. The molecule has 5 rings (SSSR count). The van der Waals surface area contributed by atoms with Crippen molar-refractivity contribution < 1.29 is 5.11 Å². The fourth-order valence-corrected chi connectivity index (χ4v) is 5.36. The third-order valence-corrected chi connectivity index (χ3v) is 7.15. The van der Waals surface area contributed by atoms with Crippen LogP contribution < -0.4 is 0 Å². The second-order valence-electron chi connectivity index (χ2n) is 9.28. The Bertz CT molecular complexity index is 1040. The number of nitrogens with zero attached hydrogens (tertiary/aromatic N) is 3. The van der Waals surface area contributed by atoms with Gasteiger partial charge in [-0.05, 0) is 43.0 Å². The summed E-state index contributed by atoms with van der Waals surface area (Å²) in [4.78, 5) is 9.28. The summed E-state index contributed by atoms with van der Waals surface area (Å²) in [6, 6.07) is 16.0. The predicted molar refractivity (Wildman–Crippen MR) is 123 cm³/mol. The highest BCUT2D eigenvalue weighted by molar-refractivity contribution is 5.88. The van der Waals surface area contributed by atoms with Gasteiger partial charge in [-0.3, -0.25) is 0 Å². The number of hydrogen-bond donors (Lipinski definition) is 1. The molecule has 2 aliphatic heterocycles. The number of benzene rings is 2. The van der Waals surface area contributed by atoms with Crippen molar-refractivity contribution in [1.82, 2.24) is 9.80 Å². The number of amidine groups is 1. The van der Waals surface area contributed by atoms with Crippen molar-refractivity contribution in [2.75, 3.05) is 13.1 Å². The van der Waals surface area contributed by atoms with Crippen LogP contribution in [-0.2, 0) is 5.41 Å². The van der Waals surface area contributed by atoms with Crippen molar-refractivity contribution >= 4 is 16.6 Å². The molecule has 3 aliphatic rings. The summed E-state index contributed by atoms with van der Waals surface area (Å²) in [6.07, 6.45) is 9.61. The normalized spacial score (nSPS) is 20.8. The number of fused-ring (bicyclic) bond motifs is 2. The first-order valence-electron chi connectivity index (χ1n) is 11.3. The summed E-state index contributed by atoms with van der Waals surface area (Å²) in [6.45, 7) is 6.21. The Balaban J connectivity index is 1.50. The third-order valence-electron chi connectivity index (χ3n) is 7.15. The van der Waals surface area contributed by atoms with Crippen LogP contribution in [0.15, 0.2) is 71.3 Å². The van der Waals surface area contributed by atoms with Gasteiger partial charge in [0.15, 0.2) is 5.76 Å². The molecule has 0 saturated heterocycles. The van der Waals surface area contributed by atoms with E-state index in [9.17, 15) is 5.11 Å². The monoisotopic (exact) mass is 401 g/mol. The highest BCUT2D eigenvalue weighted by Crippen LogP contribution is 2.46. The molecule has 1 N–H and O–H groups in total. The van der Waals surface area contributed by atoms with Crippen LogP contribution in [0.3, 0.4) is 0 Å². The molecule has 0 spiro atoms. The molecule has 2 aromatic carbocycles. The molecular weight excluding hydrogens is 370 g/mol. The van der Waals surface area contributed by atoms with E-state index in [1.165, 1.54) is 42.0 Å². The summed E-state index contributed by atoms with van der Waals surface area (Å²) in [5, 5.41) is 13.1. The van der Waals surface area contributed by atoms with Crippen LogP contribution >= 0.6 is 0 Å². The molecule has 1 fully saturated rings. The average molecular weight is 402 g/mol. The van der Waals surface area contributed by atoms with Gasteiger partial charge in [0.25, 0.3) is 0 Å². The van der Waals surface area contributed by atoms with Crippen LogP contribution in [0.4, 0.5) is 0 Å². The van der Waals surface area contributed by atoms with E-state index in [1.807, 2.05) is 0 Å². The largest absolute Gasteiger partial charge is 0.504 e. The van der Waals surface area contributed by atoms with Crippen LogP contribution in [0.1, 0.15) is 51.5 Å². The first-order chi connectivity index (χ1) is 14.6. The van der Waals surface area contributed by atoms with Crippen LogP contribution in [0.5, 0.6) is 0 Å². The van der Waals surface area contributed by atoms with Gasteiger partial charge in [-0.1, -0.05) is 55.3 Å². The van der Waals surface area contributed by atoms with Gasteiger partial charge in [0.2, 0.25) is 0 Å².